The van der Waals surface area contributed by atoms with E-state index in [1.165, 1.54) is 20.8 Å². The van der Waals surface area contributed by atoms with Gasteiger partial charge in [0.05, 0.1) is 5.60 Å². The molecule has 0 saturated carbocycles. The summed E-state index contributed by atoms with van der Waals surface area (Å²) in [5.74, 6) is -1.10. The Hall–Kier alpha value is -1.36. The van der Waals surface area contributed by atoms with Gasteiger partial charge in [0.15, 0.2) is 0 Å². The second kappa shape index (κ2) is 4.04. The number of amides is 2. The summed E-state index contributed by atoms with van der Waals surface area (Å²) in [5.41, 5.74) is 4.12. The molecule has 0 aromatic heterocycles. The molecule has 0 fully saturated rings. The lowest BCUT2D eigenvalue weighted by atomic mass is 10.1. The van der Waals surface area contributed by atoms with Crippen molar-refractivity contribution in [2.24, 2.45) is 5.73 Å². The summed E-state index contributed by atoms with van der Waals surface area (Å²) in [6, 6.07) is 0. The van der Waals surface area contributed by atoms with E-state index < -0.39 is 17.4 Å². The fourth-order valence-corrected chi connectivity index (χ4v) is 0.527. The minimum Gasteiger partial charge on any atom is -0.400 e. The van der Waals surface area contributed by atoms with Gasteiger partial charge in [0.25, 0.3) is 5.91 Å². The van der Waals surface area contributed by atoms with E-state index in [0.29, 0.717) is 0 Å². The van der Waals surface area contributed by atoms with Crippen molar-refractivity contribution in [2.45, 2.75) is 26.4 Å². The molecule has 0 aliphatic heterocycles. The molecule has 0 aromatic carbocycles. The number of aliphatic hydroxyl groups is 1. The van der Waals surface area contributed by atoms with Crippen LogP contribution in [0.15, 0.2) is 11.8 Å². The van der Waals surface area contributed by atoms with Crippen LogP contribution in [0.4, 0.5) is 0 Å². The van der Waals surface area contributed by atoms with Gasteiger partial charge >= 0.3 is 0 Å². The monoisotopic (exact) mass is 186 g/mol. The summed E-state index contributed by atoms with van der Waals surface area (Å²) in [6.07, 6.45) is 0.988. The van der Waals surface area contributed by atoms with Gasteiger partial charge in [-0.2, -0.15) is 0 Å². The average Bonchev–Trinajstić information content (AvgIpc) is 1.82. The van der Waals surface area contributed by atoms with Crippen LogP contribution in [0.1, 0.15) is 20.8 Å². The first-order valence-electron chi connectivity index (χ1n) is 3.75. The lowest BCUT2D eigenvalue weighted by molar-refractivity contribution is -0.126. The molecule has 0 aromatic rings. The normalized spacial score (nSPS) is 12.5. The maximum absolute atomic E-state index is 10.9. The van der Waals surface area contributed by atoms with Crippen molar-refractivity contribution in [1.82, 2.24) is 5.32 Å². The molecule has 0 unspecified atom stereocenters. The van der Waals surface area contributed by atoms with Gasteiger partial charge in [0.1, 0.15) is 0 Å². The fourth-order valence-electron chi connectivity index (χ4n) is 0.527. The van der Waals surface area contributed by atoms with E-state index in [0.717, 1.165) is 6.08 Å². The van der Waals surface area contributed by atoms with E-state index in [1.807, 2.05) is 5.32 Å². The summed E-state index contributed by atoms with van der Waals surface area (Å²) in [7, 11) is 0. The molecule has 0 radical (unpaired) electrons. The average molecular weight is 186 g/mol. The van der Waals surface area contributed by atoms with E-state index in [1.54, 1.807) is 0 Å². The topological polar surface area (TPSA) is 92.4 Å². The first kappa shape index (κ1) is 11.6. The zero-order chi connectivity index (χ0) is 10.6. The van der Waals surface area contributed by atoms with Crippen molar-refractivity contribution in [1.29, 1.82) is 0 Å². The van der Waals surface area contributed by atoms with Crippen molar-refractivity contribution in [3.8, 4) is 0 Å². The predicted octanol–water partition coefficient (Wildman–Crippen LogP) is -0.737. The Labute approximate surface area is 76.6 Å². The Morgan fingerprint density at radius 1 is 1.46 bits per heavy atom. The molecule has 5 heteroatoms. The summed E-state index contributed by atoms with van der Waals surface area (Å²) >= 11 is 0. The van der Waals surface area contributed by atoms with Crippen LogP contribution in [0.5, 0.6) is 0 Å². The highest BCUT2D eigenvalue weighted by Gasteiger charge is 2.17. The Balaban J connectivity index is 4.40. The number of carbonyl (C=O) groups excluding carboxylic acids is 2. The van der Waals surface area contributed by atoms with Gasteiger partial charge in [-0.1, -0.05) is 0 Å². The van der Waals surface area contributed by atoms with Gasteiger partial charge in [-0.05, 0) is 13.8 Å². The number of hydrogen-bond acceptors (Lipinski definition) is 4. The van der Waals surface area contributed by atoms with E-state index in [2.05, 4.69) is 0 Å². The van der Waals surface area contributed by atoms with Crippen LogP contribution in [0, 0.1) is 0 Å². The first-order chi connectivity index (χ1) is 5.73. The highest BCUT2D eigenvalue weighted by atomic mass is 16.3. The third kappa shape index (κ3) is 4.97. The molecular formula is C8H14N2O3. The van der Waals surface area contributed by atoms with Crippen molar-refractivity contribution >= 4 is 11.8 Å². The maximum Gasteiger partial charge on any atom is 0.252 e. The molecule has 2 amide bonds. The van der Waals surface area contributed by atoms with Gasteiger partial charge in [-0.3, -0.25) is 14.9 Å². The summed E-state index contributed by atoms with van der Waals surface area (Å²) in [5, 5.41) is 11.3. The number of nitrogens with one attached hydrogen (secondary N) is 1. The Morgan fingerprint density at radius 3 is 2.23 bits per heavy atom. The number of imide groups is 1. The number of hydrogen-bond donors (Lipinski definition) is 3. The highest BCUT2D eigenvalue weighted by molar-refractivity contribution is 6.00. The molecule has 0 spiro atoms. The zero-order valence-electron chi connectivity index (χ0n) is 7.92. The largest absolute Gasteiger partial charge is 0.400 e. The second-order valence-corrected chi connectivity index (χ2v) is 3.20. The van der Waals surface area contributed by atoms with Crippen LogP contribution in [-0.4, -0.2) is 22.5 Å². The fraction of sp³-hybridized carbons (Fsp3) is 0.500. The number of nitrogens with two attached hydrogens (primary N) is 1. The first-order valence-corrected chi connectivity index (χ1v) is 3.75. The smallest absolute Gasteiger partial charge is 0.252 e. The number of rotatable bonds is 2. The second-order valence-electron chi connectivity index (χ2n) is 3.20. The van der Waals surface area contributed by atoms with Gasteiger partial charge in [-0.25, -0.2) is 0 Å². The lowest BCUT2D eigenvalue weighted by Crippen LogP contribution is -2.32. The molecule has 74 valence electrons. The van der Waals surface area contributed by atoms with Crippen LogP contribution in [0.3, 0.4) is 0 Å². The molecule has 4 N–H and O–H groups in total. The zero-order valence-corrected chi connectivity index (χ0v) is 7.92. The van der Waals surface area contributed by atoms with E-state index in [9.17, 15) is 14.7 Å². The third-order valence-corrected chi connectivity index (χ3v) is 1.29. The van der Waals surface area contributed by atoms with Gasteiger partial charge in [-0.15, -0.1) is 0 Å². The Bertz CT molecular complexity index is 251. The molecule has 0 saturated heterocycles. The van der Waals surface area contributed by atoms with Crippen molar-refractivity contribution < 1.29 is 14.7 Å². The van der Waals surface area contributed by atoms with E-state index in [-0.39, 0.29) is 5.70 Å². The molecule has 0 heterocycles. The van der Waals surface area contributed by atoms with Crippen molar-refractivity contribution in [3.05, 3.63) is 11.8 Å². The van der Waals surface area contributed by atoms with Crippen LogP contribution in [-0.2, 0) is 9.59 Å². The van der Waals surface area contributed by atoms with Crippen LogP contribution in [0.2, 0.25) is 0 Å². The molecule has 5 nitrogen and oxygen atoms in total. The Morgan fingerprint density at radius 2 is 1.92 bits per heavy atom. The highest BCUT2D eigenvalue weighted by Crippen LogP contribution is 2.08. The Kier molecular flexibility index (Phi) is 3.62. The maximum atomic E-state index is 10.9. The minimum atomic E-state index is -1.26. The third-order valence-electron chi connectivity index (χ3n) is 1.29. The lowest BCUT2D eigenvalue weighted by Gasteiger charge is -2.17. The molecule has 0 bridgehead atoms. The summed E-state index contributed by atoms with van der Waals surface area (Å²) in [4.78, 5) is 21.3. The molecule has 0 aliphatic carbocycles. The molecule has 0 rings (SSSR count). The molecular weight excluding hydrogens is 172 g/mol. The van der Waals surface area contributed by atoms with Crippen LogP contribution >= 0.6 is 0 Å². The summed E-state index contributed by atoms with van der Waals surface area (Å²) in [6.45, 7) is 4.10. The van der Waals surface area contributed by atoms with Crippen LogP contribution < -0.4 is 11.1 Å². The van der Waals surface area contributed by atoms with Crippen LogP contribution in [0.25, 0.3) is 0 Å². The predicted molar refractivity (Wildman–Crippen MR) is 47.4 cm³/mol. The molecule has 0 atom stereocenters. The SMILES string of the molecule is CC(=O)NC(=O)C=C(N)C(C)(C)O. The molecule has 0 aliphatic rings. The van der Waals surface area contributed by atoms with Crippen molar-refractivity contribution in [3.63, 3.8) is 0 Å². The molecule has 13 heavy (non-hydrogen) atoms. The van der Waals surface area contributed by atoms with Gasteiger partial charge < -0.3 is 10.8 Å². The number of carbonyl (C=O) groups is 2. The van der Waals surface area contributed by atoms with Gasteiger partial charge in [0.2, 0.25) is 5.91 Å². The standard InChI is InChI=1S/C8H14N2O3/c1-5(11)10-7(12)4-6(9)8(2,3)13/h4,13H,9H2,1-3H3,(H,10,11,12). The quantitative estimate of drug-likeness (QED) is 0.495. The minimum absolute atomic E-state index is 0.00579. The van der Waals surface area contributed by atoms with E-state index >= 15 is 0 Å². The van der Waals surface area contributed by atoms with E-state index in [4.69, 9.17) is 5.73 Å². The van der Waals surface area contributed by atoms with Crippen molar-refractivity contribution in [2.75, 3.05) is 0 Å². The van der Waals surface area contributed by atoms with Gasteiger partial charge in [0, 0.05) is 18.7 Å². The summed E-state index contributed by atoms with van der Waals surface area (Å²) < 4.78 is 0.